The molecule has 0 bridgehead atoms. The summed E-state index contributed by atoms with van der Waals surface area (Å²) in [5.41, 5.74) is 6.70. The molecule has 1 saturated heterocycles. The van der Waals surface area contributed by atoms with Gasteiger partial charge in [-0.1, -0.05) is 11.6 Å². The number of carbonyl (C=O) groups is 1. The minimum Gasteiger partial charge on any atom is -0.399 e. The van der Waals surface area contributed by atoms with Crippen molar-refractivity contribution in [3.05, 3.63) is 23.2 Å². The monoisotopic (exact) mass is 301 g/mol. The normalized spacial score (nSPS) is 17.3. The van der Waals surface area contributed by atoms with E-state index < -0.39 is 10.8 Å². The average Bonchev–Trinajstić information content (AvgIpc) is 2.36. The van der Waals surface area contributed by atoms with Crippen LogP contribution in [0.4, 0.5) is 11.4 Å². The predicted octanol–water partition coefficient (Wildman–Crippen LogP) is 0.925. The van der Waals surface area contributed by atoms with Crippen LogP contribution in [-0.4, -0.2) is 46.2 Å². The molecule has 0 radical (unpaired) electrons. The molecule has 2 rings (SSSR count). The second kappa shape index (κ2) is 6.36. The van der Waals surface area contributed by atoms with E-state index in [1.54, 1.807) is 18.2 Å². The van der Waals surface area contributed by atoms with Crippen molar-refractivity contribution in [2.75, 3.05) is 42.2 Å². The van der Waals surface area contributed by atoms with Gasteiger partial charge in [-0.3, -0.25) is 13.9 Å². The fourth-order valence-electron chi connectivity index (χ4n) is 1.86. The van der Waals surface area contributed by atoms with Crippen molar-refractivity contribution in [3.63, 3.8) is 0 Å². The zero-order chi connectivity index (χ0) is 13.8. The van der Waals surface area contributed by atoms with Gasteiger partial charge in [0.1, 0.15) is 0 Å². The van der Waals surface area contributed by atoms with Gasteiger partial charge in [0.15, 0.2) is 0 Å². The number of rotatable bonds is 3. The van der Waals surface area contributed by atoms with Gasteiger partial charge in [0, 0.05) is 41.1 Å². The van der Waals surface area contributed by atoms with E-state index in [0.717, 1.165) is 0 Å². The molecule has 1 aliphatic rings. The molecule has 104 valence electrons. The number of nitrogens with one attached hydrogen (secondary N) is 1. The van der Waals surface area contributed by atoms with Gasteiger partial charge >= 0.3 is 0 Å². The molecule has 0 unspecified atom stereocenters. The summed E-state index contributed by atoms with van der Waals surface area (Å²) >= 11 is 5.99. The zero-order valence-corrected chi connectivity index (χ0v) is 12.0. The predicted molar refractivity (Wildman–Crippen MR) is 78.8 cm³/mol. The Hall–Kier alpha value is -1.11. The van der Waals surface area contributed by atoms with E-state index in [1.807, 2.05) is 4.90 Å². The maximum absolute atomic E-state index is 11.9. The molecule has 1 aliphatic heterocycles. The Labute approximate surface area is 119 Å². The van der Waals surface area contributed by atoms with E-state index in [0.29, 0.717) is 41.0 Å². The fourth-order valence-corrected chi connectivity index (χ4v) is 3.22. The van der Waals surface area contributed by atoms with Crippen LogP contribution in [-0.2, 0) is 15.6 Å². The van der Waals surface area contributed by atoms with E-state index in [2.05, 4.69) is 5.32 Å². The summed E-state index contributed by atoms with van der Waals surface area (Å²) in [4.78, 5) is 13.9. The van der Waals surface area contributed by atoms with Gasteiger partial charge in [0.25, 0.3) is 0 Å². The molecule has 0 spiro atoms. The summed E-state index contributed by atoms with van der Waals surface area (Å²) in [6.07, 6.45) is 0. The van der Waals surface area contributed by atoms with Crippen LogP contribution >= 0.6 is 11.6 Å². The van der Waals surface area contributed by atoms with E-state index in [1.165, 1.54) is 0 Å². The first-order valence-electron chi connectivity index (χ1n) is 5.97. The molecule has 1 amide bonds. The first kappa shape index (κ1) is 14.3. The lowest BCUT2D eigenvalue weighted by Crippen LogP contribution is -2.42. The molecule has 19 heavy (non-hydrogen) atoms. The fraction of sp³-hybridized carbons (Fsp3) is 0.417. The second-order valence-electron chi connectivity index (χ2n) is 4.41. The maximum atomic E-state index is 11.9. The molecule has 1 aromatic rings. The van der Waals surface area contributed by atoms with Crippen LogP contribution < -0.4 is 11.1 Å². The lowest BCUT2D eigenvalue weighted by atomic mass is 10.3. The van der Waals surface area contributed by atoms with Crippen LogP contribution in [0.5, 0.6) is 0 Å². The Morgan fingerprint density at radius 2 is 2.11 bits per heavy atom. The lowest BCUT2D eigenvalue weighted by molar-refractivity contribution is -0.117. The molecule has 1 heterocycles. The summed E-state index contributed by atoms with van der Waals surface area (Å²) in [6.45, 7) is 1.67. The minimum absolute atomic E-state index is 0.126. The van der Waals surface area contributed by atoms with Crippen molar-refractivity contribution < 1.29 is 9.00 Å². The highest BCUT2D eigenvalue weighted by atomic mass is 35.5. The Kier molecular flexibility index (Phi) is 4.79. The Bertz CT molecular complexity index is 500. The van der Waals surface area contributed by atoms with Crippen molar-refractivity contribution in [1.82, 2.24) is 4.90 Å². The third-order valence-corrected chi connectivity index (χ3v) is 4.49. The Morgan fingerprint density at radius 3 is 2.74 bits per heavy atom. The summed E-state index contributed by atoms with van der Waals surface area (Å²) in [5.74, 6) is 1.14. The molecule has 3 N–H and O–H groups in total. The number of benzene rings is 1. The van der Waals surface area contributed by atoms with Crippen molar-refractivity contribution in [3.8, 4) is 0 Å². The third-order valence-electron chi connectivity index (χ3n) is 2.90. The average molecular weight is 302 g/mol. The summed E-state index contributed by atoms with van der Waals surface area (Å²) in [7, 11) is -0.728. The minimum atomic E-state index is -0.728. The second-order valence-corrected chi connectivity index (χ2v) is 6.52. The zero-order valence-electron chi connectivity index (χ0n) is 10.4. The lowest BCUT2D eigenvalue weighted by Gasteiger charge is -2.25. The number of halogens is 1. The topological polar surface area (TPSA) is 75.4 Å². The molecular formula is C12H16ClN3O2S. The molecule has 1 aromatic carbocycles. The van der Waals surface area contributed by atoms with Crippen LogP contribution in [0.2, 0.25) is 5.02 Å². The van der Waals surface area contributed by atoms with Crippen molar-refractivity contribution >= 4 is 39.7 Å². The summed E-state index contributed by atoms with van der Waals surface area (Å²) in [6, 6.07) is 4.97. The number of nitrogen functional groups attached to an aromatic ring is 1. The quantitative estimate of drug-likeness (QED) is 0.814. The summed E-state index contributed by atoms with van der Waals surface area (Å²) < 4.78 is 11.2. The first-order chi connectivity index (χ1) is 9.04. The third kappa shape index (κ3) is 4.19. The summed E-state index contributed by atoms with van der Waals surface area (Å²) in [5, 5.41) is 3.18. The van der Waals surface area contributed by atoms with Gasteiger partial charge in [-0.25, -0.2) is 0 Å². The standard InChI is InChI=1S/C12H16ClN3O2S/c13-10-7-9(14)1-2-11(10)15-12(17)8-16-3-5-19(18)6-4-16/h1-2,7H,3-6,8,14H2,(H,15,17). The van der Waals surface area contributed by atoms with Gasteiger partial charge in [-0.05, 0) is 18.2 Å². The van der Waals surface area contributed by atoms with Gasteiger partial charge in [-0.2, -0.15) is 0 Å². The number of carbonyl (C=O) groups excluding carboxylic acids is 1. The molecule has 0 saturated carbocycles. The van der Waals surface area contributed by atoms with Gasteiger partial charge in [0.2, 0.25) is 5.91 Å². The molecule has 5 nitrogen and oxygen atoms in total. The molecule has 1 fully saturated rings. The number of nitrogens with two attached hydrogens (primary N) is 1. The highest BCUT2D eigenvalue weighted by molar-refractivity contribution is 7.85. The van der Waals surface area contributed by atoms with Crippen LogP contribution in [0, 0.1) is 0 Å². The SMILES string of the molecule is Nc1ccc(NC(=O)CN2CCS(=O)CC2)c(Cl)c1. The van der Waals surface area contributed by atoms with Crippen molar-refractivity contribution in [1.29, 1.82) is 0 Å². The number of amides is 1. The number of nitrogens with zero attached hydrogens (tertiary/aromatic N) is 1. The van der Waals surface area contributed by atoms with E-state index in [9.17, 15) is 9.00 Å². The maximum Gasteiger partial charge on any atom is 0.238 e. The van der Waals surface area contributed by atoms with Crippen molar-refractivity contribution in [2.24, 2.45) is 0 Å². The highest BCUT2D eigenvalue weighted by Gasteiger charge is 2.17. The van der Waals surface area contributed by atoms with Gasteiger partial charge in [0.05, 0.1) is 17.3 Å². The van der Waals surface area contributed by atoms with Crippen LogP contribution in [0.25, 0.3) is 0 Å². The Morgan fingerprint density at radius 1 is 1.42 bits per heavy atom. The largest absolute Gasteiger partial charge is 0.399 e. The number of hydrogen-bond donors (Lipinski definition) is 2. The Balaban J connectivity index is 1.89. The molecular weight excluding hydrogens is 286 g/mol. The molecule has 0 atom stereocenters. The molecule has 0 aromatic heterocycles. The van der Waals surface area contributed by atoms with E-state index in [4.69, 9.17) is 17.3 Å². The van der Waals surface area contributed by atoms with Gasteiger partial charge < -0.3 is 11.1 Å². The smallest absolute Gasteiger partial charge is 0.238 e. The molecule has 0 aliphatic carbocycles. The number of anilines is 2. The van der Waals surface area contributed by atoms with E-state index >= 15 is 0 Å². The van der Waals surface area contributed by atoms with Gasteiger partial charge in [-0.15, -0.1) is 0 Å². The highest BCUT2D eigenvalue weighted by Crippen LogP contribution is 2.23. The van der Waals surface area contributed by atoms with Crippen LogP contribution in [0.3, 0.4) is 0 Å². The number of hydrogen-bond acceptors (Lipinski definition) is 4. The van der Waals surface area contributed by atoms with Crippen molar-refractivity contribution in [2.45, 2.75) is 0 Å². The van der Waals surface area contributed by atoms with Crippen LogP contribution in [0.1, 0.15) is 0 Å². The van der Waals surface area contributed by atoms with Crippen LogP contribution in [0.15, 0.2) is 18.2 Å². The first-order valence-corrected chi connectivity index (χ1v) is 7.83. The molecule has 7 heteroatoms. The van der Waals surface area contributed by atoms with E-state index in [-0.39, 0.29) is 12.5 Å².